The molecular formula is C43H83NO5. The molecule has 6 heteroatoms. The summed E-state index contributed by atoms with van der Waals surface area (Å²) in [6.07, 6.45) is 38.5. The van der Waals surface area contributed by atoms with Gasteiger partial charge in [-0.15, -0.1) is 0 Å². The van der Waals surface area contributed by atoms with Gasteiger partial charge in [0.15, 0.2) is 0 Å². The van der Waals surface area contributed by atoms with Gasteiger partial charge in [-0.3, -0.25) is 9.59 Å². The van der Waals surface area contributed by atoms with Crippen molar-refractivity contribution in [3.63, 3.8) is 0 Å². The molecule has 0 rings (SSSR count). The maximum atomic E-state index is 13.0. The number of amides is 1. The molecule has 3 N–H and O–H groups in total. The summed E-state index contributed by atoms with van der Waals surface area (Å²) in [6, 6.07) is -0.693. The second-order valence-corrected chi connectivity index (χ2v) is 14.7. The first-order valence-corrected chi connectivity index (χ1v) is 21.4. The Morgan fingerprint density at radius 1 is 0.571 bits per heavy atom. The van der Waals surface area contributed by atoms with Gasteiger partial charge in [-0.1, -0.05) is 181 Å². The molecule has 290 valence electrons. The van der Waals surface area contributed by atoms with Gasteiger partial charge in [0.25, 0.3) is 0 Å². The van der Waals surface area contributed by atoms with E-state index >= 15 is 0 Å². The first kappa shape index (κ1) is 47.6. The molecule has 0 radical (unpaired) electrons. The van der Waals surface area contributed by atoms with E-state index in [1.807, 2.05) is 0 Å². The van der Waals surface area contributed by atoms with Crippen LogP contribution in [0.1, 0.15) is 226 Å². The van der Waals surface area contributed by atoms with Crippen LogP contribution in [0.5, 0.6) is 0 Å². The van der Waals surface area contributed by atoms with Gasteiger partial charge >= 0.3 is 5.97 Å². The Hall–Kier alpha value is -1.40. The lowest BCUT2D eigenvalue weighted by atomic mass is 10.0. The van der Waals surface area contributed by atoms with E-state index < -0.39 is 18.2 Å². The highest BCUT2D eigenvalue weighted by molar-refractivity contribution is 5.77. The Morgan fingerprint density at radius 3 is 1.53 bits per heavy atom. The third-order valence-electron chi connectivity index (χ3n) is 9.83. The number of esters is 1. The number of aliphatic hydroxyl groups excluding tert-OH is 2. The van der Waals surface area contributed by atoms with Crippen molar-refractivity contribution in [3.8, 4) is 0 Å². The van der Waals surface area contributed by atoms with Crippen LogP contribution in [-0.2, 0) is 14.3 Å². The second-order valence-electron chi connectivity index (χ2n) is 14.7. The van der Waals surface area contributed by atoms with Gasteiger partial charge in [-0.05, 0) is 44.9 Å². The number of aliphatic hydroxyl groups is 2. The number of hydrogen-bond donors (Lipinski definition) is 3. The molecule has 0 aliphatic rings. The predicted octanol–water partition coefficient (Wildman–Crippen LogP) is 11.8. The van der Waals surface area contributed by atoms with Crippen molar-refractivity contribution in [3.05, 3.63) is 12.2 Å². The topological polar surface area (TPSA) is 95.9 Å². The highest BCUT2D eigenvalue weighted by atomic mass is 16.5. The SMILES string of the molecule is CCC/C=C\CCCCCCCC(=O)OC(CCCCCCCCCC)CC(=O)NC(CO)C(O)CCCCCCCCCCCCCC. The van der Waals surface area contributed by atoms with E-state index in [1.165, 1.54) is 122 Å². The van der Waals surface area contributed by atoms with E-state index in [9.17, 15) is 19.8 Å². The van der Waals surface area contributed by atoms with Crippen molar-refractivity contribution in [1.29, 1.82) is 0 Å². The van der Waals surface area contributed by atoms with E-state index in [4.69, 9.17) is 4.74 Å². The largest absolute Gasteiger partial charge is 0.462 e. The number of ether oxygens (including phenoxy) is 1. The molecule has 0 aromatic carbocycles. The number of nitrogens with one attached hydrogen (secondary N) is 1. The summed E-state index contributed by atoms with van der Waals surface area (Å²) in [4.78, 5) is 25.8. The Bertz CT molecular complexity index is 742. The zero-order valence-electron chi connectivity index (χ0n) is 32.8. The van der Waals surface area contributed by atoms with Crippen molar-refractivity contribution < 1.29 is 24.5 Å². The second kappa shape index (κ2) is 37.8. The van der Waals surface area contributed by atoms with Crippen molar-refractivity contribution in [1.82, 2.24) is 5.32 Å². The molecule has 0 aromatic rings. The van der Waals surface area contributed by atoms with Crippen molar-refractivity contribution >= 4 is 11.9 Å². The zero-order chi connectivity index (χ0) is 36.0. The fourth-order valence-electron chi connectivity index (χ4n) is 6.55. The third kappa shape index (κ3) is 33.5. The number of unbranched alkanes of at least 4 members (excludes halogenated alkanes) is 24. The maximum absolute atomic E-state index is 13.0. The van der Waals surface area contributed by atoms with Crippen LogP contribution in [-0.4, -0.2) is 46.9 Å². The Labute approximate surface area is 304 Å². The van der Waals surface area contributed by atoms with Gasteiger partial charge in [-0.25, -0.2) is 0 Å². The molecular weight excluding hydrogens is 610 g/mol. The van der Waals surface area contributed by atoms with Gasteiger partial charge in [0.05, 0.1) is 25.2 Å². The lowest BCUT2D eigenvalue weighted by Crippen LogP contribution is -2.46. The minimum atomic E-state index is -0.779. The van der Waals surface area contributed by atoms with Crippen LogP contribution in [0.15, 0.2) is 12.2 Å². The summed E-state index contributed by atoms with van der Waals surface area (Å²) in [6.45, 7) is 6.38. The summed E-state index contributed by atoms with van der Waals surface area (Å²) in [7, 11) is 0. The smallest absolute Gasteiger partial charge is 0.306 e. The Morgan fingerprint density at radius 2 is 1.02 bits per heavy atom. The van der Waals surface area contributed by atoms with E-state index in [0.29, 0.717) is 19.3 Å². The summed E-state index contributed by atoms with van der Waals surface area (Å²) in [5, 5.41) is 23.5. The zero-order valence-corrected chi connectivity index (χ0v) is 32.8. The molecule has 0 aliphatic carbocycles. The van der Waals surface area contributed by atoms with E-state index in [-0.39, 0.29) is 24.9 Å². The molecule has 0 saturated heterocycles. The molecule has 0 aromatic heterocycles. The van der Waals surface area contributed by atoms with Crippen molar-refractivity contribution in [2.24, 2.45) is 0 Å². The molecule has 0 heterocycles. The fourth-order valence-corrected chi connectivity index (χ4v) is 6.55. The lowest BCUT2D eigenvalue weighted by Gasteiger charge is -2.24. The molecule has 0 bridgehead atoms. The molecule has 3 unspecified atom stereocenters. The first-order valence-electron chi connectivity index (χ1n) is 21.4. The van der Waals surface area contributed by atoms with Crippen molar-refractivity contribution in [2.75, 3.05) is 6.61 Å². The average Bonchev–Trinajstić information content (AvgIpc) is 3.09. The van der Waals surface area contributed by atoms with Crippen LogP contribution in [0.3, 0.4) is 0 Å². The van der Waals surface area contributed by atoms with Crippen LogP contribution >= 0.6 is 0 Å². The molecule has 6 nitrogen and oxygen atoms in total. The third-order valence-corrected chi connectivity index (χ3v) is 9.83. The summed E-state index contributed by atoms with van der Waals surface area (Å²) < 4.78 is 5.85. The maximum Gasteiger partial charge on any atom is 0.306 e. The number of rotatable bonds is 38. The fraction of sp³-hybridized carbons (Fsp3) is 0.907. The summed E-state index contributed by atoms with van der Waals surface area (Å²) in [5.41, 5.74) is 0. The van der Waals surface area contributed by atoms with Gasteiger partial charge in [0, 0.05) is 6.42 Å². The summed E-state index contributed by atoms with van der Waals surface area (Å²) >= 11 is 0. The monoisotopic (exact) mass is 694 g/mol. The summed E-state index contributed by atoms with van der Waals surface area (Å²) in [5.74, 6) is -0.483. The minimum Gasteiger partial charge on any atom is -0.462 e. The Balaban J connectivity index is 4.50. The highest BCUT2D eigenvalue weighted by Gasteiger charge is 2.24. The Kier molecular flexibility index (Phi) is 36.8. The molecule has 0 aliphatic heterocycles. The molecule has 0 saturated carbocycles. The van der Waals surface area contributed by atoms with Crippen LogP contribution in [0.25, 0.3) is 0 Å². The lowest BCUT2D eigenvalue weighted by molar-refractivity contribution is -0.151. The predicted molar refractivity (Wildman–Crippen MR) is 209 cm³/mol. The number of hydrogen-bond acceptors (Lipinski definition) is 5. The van der Waals surface area contributed by atoms with E-state index in [2.05, 4.69) is 38.2 Å². The number of allylic oxidation sites excluding steroid dienone is 2. The number of carbonyl (C=O) groups excluding carboxylic acids is 2. The molecule has 1 amide bonds. The highest BCUT2D eigenvalue weighted by Crippen LogP contribution is 2.17. The van der Waals surface area contributed by atoms with Gasteiger partial charge in [0.1, 0.15) is 6.10 Å². The van der Waals surface area contributed by atoms with E-state index in [1.54, 1.807) is 0 Å². The minimum absolute atomic E-state index is 0.0790. The standard InChI is InChI=1S/C43H83NO5/c1-4-7-10-13-16-19-21-22-23-26-29-32-35-41(46)40(38-45)44-42(47)37-39(34-31-28-25-18-15-12-9-6-3)49-43(48)36-33-30-27-24-20-17-14-11-8-5-2/h11,14,39-41,45-46H,4-10,12-13,15-38H2,1-3H3,(H,44,47)/b14-11-. The van der Waals surface area contributed by atoms with Gasteiger partial charge in [0.2, 0.25) is 5.91 Å². The van der Waals surface area contributed by atoms with Gasteiger partial charge < -0.3 is 20.3 Å². The van der Waals surface area contributed by atoms with Crippen LogP contribution in [0.4, 0.5) is 0 Å². The molecule has 0 spiro atoms. The van der Waals surface area contributed by atoms with Crippen LogP contribution in [0.2, 0.25) is 0 Å². The van der Waals surface area contributed by atoms with E-state index in [0.717, 1.165) is 57.8 Å². The molecule has 3 atom stereocenters. The van der Waals surface area contributed by atoms with Crippen LogP contribution in [0, 0.1) is 0 Å². The molecule has 49 heavy (non-hydrogen) atoms. The number of carbonyl (C=O) groups is 2. The average molecular weight is 694 g/mol. The van der Waals surface area contributed by atoms with Crippen molar-refractivity contribution in [2.45, 2.75) is 244 Å². The molecule has 0 fully saturated rings. The van der Waals surface area contributed by atoms with Crippen LogP contribution < -0.4 is 5.32 Å². The first-order chi connectivity index (χ1) is 24.0. The normalized spacial score (nSPS) is 13.5. The van der Waals surface area contributed by atoms with Gasteiger partial charge in [-0.2, -0.15) is 0 Å². The quantitative estimate of drug-likeness (QED) is 0.0340.